The molecule has 1 heterocycles. The number of benzene rings is 2. The third-order valence-corrected chi connectivity index (χ3v) is 4.83. The lowest BCUT2D eigenvalue weighted by Crippen LogP contribution is -2.41. The molecule has 0 radical (unpaired) electrons. The number of fused-ring (bicyclic) bond motifs is 1. The lowest BCUT2D eigenvalue weighted by Gasteiger charge is -2.26. The van der Waals surface area contributed by atoms with Crippen LogP contribution < -0.4 is 20.7 Å². The smallest absolute Gasteiger partial charge is 0.225 e. The van der Waals surface area contributed by atoms with E-state index < -0.39 is 0 Å². The van der Waals surface area contributed by atoms with Crippen molar-refractivity contribution in [1.82, 2.24) is 10.6 Å². The van der Waals surface area contributed by atoms with Crippen molar-refractivity contribution >= 4 is 17.6 Å². The van der Waals surface area contributed by atoms with Gasteiger partial charge in [0.2, 0.25) is 5.91 Å². The van der Waals surface area contributed by atoms with Gasteiger partial charge in [-0.25, -0.2) is 4.99 Å². The molecule has 0 saturated carbocycles. The van der Waals surface area contributed by atoms with Crippen LogP contribution in [0.25, 0.3) is 0 Å². The number of carbonyl (C=O) groups excluding carboxylic acids is 1. The summed E-state index contributed by atoms with van der Waals surface area (Å²) in [6.07, 6.45) is 0.422. The molecule has 6 heteroatoms. The van der Waals surface area contributed by atoms with Crippen molar-refractivity contribution in [3.63, 3.8) is 0 Å². The number of amides is 1. The highest BCUT2D eigenvalue weighted by Gasteiger charge is 2.24. The SMILES string of the molecule is CCNC(=NCC(C)Oc1ccc(C)cc1)NCC1CC(=O)Nc2ccccc21. The zero-order valence-electron chi connectivity index (χ0n) is 17.4. The van der Waals surface area contributed by atoms with Gasteiger partial charge in [0.15, 0.2) is 5.96 Å². The number of ether oxygens (including phenoxy) is 1. The number of rotatable bonds is 7. The van der Waals surface area contributed by atoms with Gasteiger partial charge in [0.05, 0.1) is 6.54 Å². The Bertz CT molecular complexity index is 848. The van der Waals surface area contributed by atoms with Crippen LogP contribution in [0.3, 0.4) is 0 Å². The molecule has 0 spiro atoms. The molecule has 1 aliphatic rings. The number of anilines is 1. The Hall–Kier alpha value is -3.02. The fourth-order valence-electron chi connectivity index (χ4n) is 3.35. The summed E-state index contributed by atoms with van der Waals surface area (Å²) in [4.78, 5) is 16.7. The predicted octanol–water partition coefficient (Wildman–Crippen LogP) is 3.44. The summed E-state index contributed by atoms with van der Waals surface area (Å²) >= 11 is 0. The van der Waals surface area contributed by atoms with Crippen molar-refractivity contribution in [3.05, 3.63) is 59.7 Å². The third-order valence-electron chi connectivity index (χ3n) is 4.83. The summed E-state index contributed by atoms with van der Waals surface area (Å²) in [6.45, 7) is 8.04. The Morgan fingerprint density at radius 2 is 1.97 bits per heavy atom. The van der Waals surface area contributed by atoms with Gasteiger partial charge < -0.3 is 20.7 Å². The highest BCUT2D eigenvalue weighted by Crippen LogP contribution is 2.31. The van der Waals surface area contributed by atoms with E-state index in [0.717, 1.165) is 29.5 Å². The van der Waals surface area contributed by atoms with Gasteiger partial charge in [-0.05, 0) is 44.5 Å². The normalized spacial score (nSPS) is 17.1. The van der Waals surface area contributed by atoms with E-state index in [1.807, 2.05) is 56.3 Å². The number of guanidine groups is 1. The largest absolute Gasteiger partial charge is 0.489 e. The fraction of sp³-hybridized carbons (Fsp3) is 0.391. The first-order chi connectivity index (χ1) is 14.0. The van der Waals surface area contributed by atoms with Gasteiger partial charge >= 0.3 is 0 Å². The molecule has 1 amide bonds. The number of nitrogens with zero attached hydrogens (tertiary/aromatic N) is 1. The average Bonchev–Trinajstić information content (AvgIpc) is 2.71. The zero-order chi connectivity index (χ0) is 20.6. The maximum Gasteiger partial charge on any atom is 0.225 e. The first-order valence-corrected chi connectivity index (χ1v) is 10.2. The second-order valence-electron chi connectivity index (χ2n) is 7.38. The van der Waals surface area contributed by atoms with E-state index in [2.05, 4.69) is 33.9 Å². The van der Waals surface area contributed by atoms with E-state index >= 15 is 0 Å². The minimum absolute atomic E-state index is 0.0469. The minimum Gasteiger partial charge on any atom is -0.489 e. The minimum atomic E-state index is -0.0469. The molecule has 2 aromatic rings. The quantitative estimate of drug-likeness (QED) is 0.497. The summed E-state index contributed by atoms with van der Waals surface area (Å²) in [5.74, 6) is 1.75. The van der Waals surface area contributed by atoms with Crippen LogP contribution in [0.15, 0.2) is 53.5 Å². The molecule has 3 N–H and O–H groups in total. The van der Waals surface area contributed by atoms with E-state index in [4.69, 9.17) is 4.74 Å². The zero-order valence-corrected chi connectivity index (χ0v) is 17.4. The van der Waals surface area contributed by atoms with Crippen molar-refractivity contribution in [3.8, 4) is 5.75 Å². The number of hydrogen-bond acceptors (Lipinski definition) is 3. The lowest BCUT2D eigenvalue weighted by atomic mass is 9.90. The van der Waals surface area contributed by atoms with Crippen molar-refractivity contribution in [2.24, 2.45) is 4.99 Å². The maximum atomic E-state index is 12.0. The molecule has 0 saturated heterocycles. The first-order valence-electron chi connectivity index (χ1n) is 10.2. The predicted molar refractivity (Wildman–Crippen MR) is 118 cm³/mol. The van der Waals surface area contributed by atoms with E-state index in [0.29, 0.717) is 19.5 Å². The van der Waals surface area contributed by atoms with Gasteiger partial charge in [-0.15, -0.1) is 0 Å². The fourth-order valence-corrected chi connectivity index (χ4v) is 3.35. The van der Waals surface area contributed by atoms with Crippen LogP contribution in [0.5, 0.6) is 5.75 Å². The summed E-state index contributed by atoms with van der Waals surface area (Å²) < 4.78 is 5.94. The molecule has 6 nitrogen and oxygen atoms in total. The number of nitrogens with one attached hydrogen (secondary N) is 3. The molecule has 0 bridgehead atoms. The number of hydrogen-bond donors (Lipinski definition) is 3. The van der Waals surface area contributed by atoms with Crippen molar-refractivity contribution in [1.29, 1.82) is 0 Å². The summed E-state index contributed by atoms with van der Waals surface area (Å²) in [5, 5.41) is 9.59. The van der Waals surface area contributed by atoms with E-state index in [1.54, 1.807) is 0 Å². The monoisotopic (exact) mass is 394 g/mol. The highest BCUT2D eigenvalue weighted by atomic mass is 16.5. The topological polar surface area (TPSA) is 74.8 Å². The molecular weight excluding hydrogens is 364 g/mol. The van der Waals surface area contributed by atoms with E-state index in [-0.39, 0.29) is 17.9 Å². The van der Waals surface area contributed by atoms with Gasteiger partial charge in [-0.3, -0.25) is 4.79 Å². The second kappa shape index (κ2) is 9.96. The number of para-hydroxylation sites is 1. The number of carbonyl (C=O) groups is 1. The van der Waals surface area contributed by atoms with Crippen LogP contribution in [-0.2, 0) is 4.79 Å². The third kappa shape index (κ3) is 5.98. The van der Waals surface area contributed by atoms with Gasteiger partial charge in [0.1, 0.15) is 11.9 Å². The van der Waals surface area contributed by atoms with Crippen LogP contribution in [0.1, 0.15) is 37.3 Å². The molecule has 29 heavy (non-hydrogen) atoms. The molecule has 1 aliphatic heterocycles. The molecule has 0 fully saturated rings. The Balaban J connectivity index is 1.58. The van der Waals surface area contributed by atoms with E-state index in [9.17, 15) is 4.79 Å². The van der Waals surface area contributed by atoms with Gasteiger partial charge in [0, 0.05) is 31.1 Å². The molecule has 2 aromatic carbocycles. The van der Waals surface area contributed by atoms with Crippen LogP contribution in [0.4, 0.5) is 5.69 Å². The van der Waals surface area contributed by atoms with Crippen molar-refractivity contribution in [2.45, 2.75) is 39.2 Å². The molecule has 154 valence electrons. The summed E-state index contributed by atoms with van der Waals surface area (Å²) in [7, 11) is 0. The summed E-state index contributed by atoms with van der Waals surface area (Å²) in [5.41, 5.74) is 3.27. The first kappa shape index (κ1) is 20.7. The molecule has 0 aromatic heterocycles. The van der Waals surface area contributed by atoms with Crippen LogP contribution >= 0.6 is 0 Å². The second-order valence-corrected chi connectivity index (χ2v) is 7.38. The Morgan fingerprint density at radius 3 is 2.72 bits per heavy atom. The number of aliphatic imine (C=N–C) groups is 1. The van der Waals surface area contributed by atoms with Crippen molar-refractivity contribution in [2.75, 3.05) is 25.0 Å². The van der Waals surface area contributed by atoms with Crippen LogP contribution in [-0.4, -0.2) is 37.6 Å². The molecule has 2 unspecified atom stereocenters. The van der Waals surface area contributed by atoms with Crippen LogP contribution in [0, 0.1) is 6.92 Å². The van der Waals surface area contributed by atoms with E-state index in [1.165, 1.54) is 5.56 Å². The van der Waals surface area contributed by atoms with Gasteiger partial charge in [0.25, 0.3) is 0 Å². The van der Waals surface area contributed by atoms with Crippen molar-refractivity contribution < 1.29 is 9.53 Å². The maximum absolute atomic E-state index is 12.0. The highest BCUT2D eigenvalue weighted by molar-refractivity contribution is 5.94. The molecule has 0 aliphatic carbocycles. The Labute approximate surface area is 172 Å². The average molecular weight is 395 g/mol. The van der Waals surface area contributed by atoms with Gasteiger partial charge in [-0.1, -0.05) is 35.9 Å². The Kier molecular flexibility index (Phi) is 7.11. The number of aryl methyl sites for hydroxylation is 1. The molecule has 2 atom stereocenters. The standard InChI is InChI=1S/C23H30N4O2/c1-4-24-23(25-14-17(3)29-19-11-9-16(2)10-12-19)26-15-18-13-22(28)27-21-8-6-5-7-20(18)21/h5-12,17-18H,4,13-15H2,1-3H3,(H,27,28)(H2,24,25,26). The molecule has 3 rings (SSSR count). The van der Waals surface area contributed by atoms with Crippen LogP contribution in [0.2, 0.25) is 0 Å². The summed E-state index contributed by atoms with van der Waals surface area (Å²) in [6, 6.07) is 16.0. The molecular formula is C23H30N4O2. The lowest BCUT2D eigenvalue weighted by molar-refractivity contribution is -0.116. The Morgan fingerprint density at radius 1 is 1.21 bits per heavy atom. The van der Waals surface area contributed by atoms with Gasteiger partial charge in [-0.2, -0.15) is 0 Å².